The lowest BCUT2D eigenvalue weighted by molar-refractivity contribution is -0.143. The SMILES string of the molecule is C[C@]12CCC(=O)CC1CC[C@H]1[C@@H]3CCC[C@@]3(COC3CC3)CC[C@@H]12. The minimum atomic E-state index is 0.461. The van der Waals surface area contributed by atoms with E-state index < -0.39 is 0 Å². The molecule has 5 aliphatic rings. The first-order chi connectivity index (χ1) is 11.6. The van der Waals surface area contributed by atoms with Crippen LogP contribution in [0.1, 0.15) is 84.0 Å². The van der Waals surface area contributed by atoms with Gasteiger partial charge in [-0.1, -0.05) is 13.3 Å². The van der Waals surface area contributed by atoms with Crippen LogP contribution in [0.4, 0.5) is 0 Å². The first-order valence-corrected chi connectivity index (χ1v) is 10.7. The lowest BCUT2D eigenvalue weighted by Crippen LogP contribution is -2.54. The summed E-state index contributed by atoms with van der Waals surface area (Å²) in [6.07, 6.45) is 16.0. The van der Waals surface area contributed by atoms with Crippen LogP contribution in [0.5, 0.6) is 0 Å². The maximum absolute atomic E-state index is 12.0. The summed E-state index contributed by atoms with van der Waals surface area (Å²) in [7, 11) is 0. The Hall–Kier alpha value is -0.370. The third-order valence-corrected chi connectivity index (χ3v) is 9.14. The monoisotopic (exact) mass is 330 g/mol. The van der Waals surface area contributed by atoms with Gasteiger partial charge in [-0.3, -0.25) is 4.79 Å². The molecule has 0 bridgehead atoms. The topological polar surface area (TPSA) is 26.3 Å². The van der Waals surface area contributed by atoms with Crippen molar-refractivity contribution in [3.05, 3.63) is 0 Å². The van der Waals surface area contributed by atoms with Gasteiger partial charge in [0.15, 0.2) is 0 Å². The molecule has 0 amide bonds. The second-order valence-corrected chi connectivity index (χ2v) is 10.2. The Bertz CT molecular complexity index is 524. The zero-order valence-corrected chi connectivity index (χ0v) is 15.4. The van der Waals surface area contributed by atoms with Crippen molar-refractivity contribution in [2.24, 2.45) is 34.5 Å². The number of carbonyl (C=O) groups is 1. The molecule has 24 heavy (non-hydrogen) atoms. The lowest BCUT2D eigenvalue weighted by atomic mass is 9.45. The number of ketones is 1. The molecule has 2 heteroatoms. The molecular formula is C22H34O2. The van der Waals surface area contributed by atoms with Crippen LogP contribution in [-0.2, 0) is 9.53 Å². The van der Waals surface area contributed by atoms with Gasteiger partial charge in [0.2, 0.25) is 0 Å². The summed E-state index contributed by atoms with van der Waals surface area (Å²) in [5, 5.41) is 0. The molecule has 1 unspecified atom stereocenters. The van der Waals surface area contributed by atoms with Gasteiger partial charge in [0.05, 0.1) is 12.7 Å². The fourth-order valence-electron chi connectivity index (χ4n) is 7.61. The van der Waals surface area contributed by atoms with Crippen molar-refractivity contribution < 1.29 is 9.53 Å². The van der Waals surface area contributed by atoms with Crippen molar-refractivity contribution in [3.63, 3.8) is 0 Å². The third-order valence-electron chi connectivity index (χ3n) is 9.14. The van der Waals surface area contributed by atoms with Gasteiger partial charge in [0, 0.05) is 12.8 Å². The number of hydrogen-bond donors (Lipinski definition) is 0. The molecule has 0 spiro atoms. The van der Waals surface area contributed by atoms with E-state index >= 15 is 0 Å². The molecule has 6 atom stereocenters. The molecule has 0 heterocycles. The zero-order valence-electron chi connectivity index (χ0n) is 15.4. The Balaban J connectivity index is 1.38. The number of ether oxygens (including phenoxy) is 1. The molecule has 0 aliphatic heterocycles. The highest BCUT2D eigenvalue weighted by Crippen LogP contribution is 2.66. The largest absolute Gasteiger partial charge is 0.378 e. The number of hydrogen-bond acceptors (Lipinski definition) is 2. The first-order valence-electron chi connectivity index (χ1n) is 10.7. The second kappa shape index (κ2) is 5.56. The highest BCUT2D eigenvalue weighted by Gasteiger charge is 2.59. The molecule has 0 aromatic heterocycles. The van der Waals surface area contributed by atoms with E-state index in [9.17, 15) is 4.79 Å². The van der Waals surface area contributed by atoms with E-state index in [-0.39, 0.29) is 0 Å². The fourth-order valence-corrected chi connectivity index (χ4v) is 7.61. The van der Waals surface area contributed by atoms with E-state index in [4.69, 9.17) is 4.74 Å². The van der Waals surface area contributed by atoms with Gasteiger partial charge in [-0.15, -0.1) is 0 Å². The highest BCUT2D eigenvalue weighted by molar-refractivity contribution is 5.79. The van der Waals surface area contributed by atoms with Gasteiger partial charge in [-0.2, -0.15) is 0 Å². The quantitative estimate of drug-likeness (QED) is 0.715. The molecule has 0 radical (unpaired) electrons. The average molecular weight is 331 g/mol. The summed E-state index contributed by atoms with van der Waals surface area (Å²) < 4.78 is 6.28. The summed E-state index contributed by atoms with van der Waals surface area (Å²) in [6.45, 7) is 3.62. The predicted molar refractivity (Wildman–Crippen MR) is 94.7 cm³/mol. The molecule has 5 rings (SSSR count). The van der Waals surface area contributed by atoms with Crippen LogP contribution in [0.3, 0.4) is 0 Å². The van der Waals surface area contributed by atoms with Crippen LogP contribution < -0.4 is 0 Å². The van der Waals surface area contributed by atoms with Gasteiger partial charge in [-0.05, 0) is 92.3 Å². The Morgan fingerprint density at radius 1 is 1.00 bits per heavy atom. The fraction of sp³-hybridized carbons (Fsp3) is 0.955. The Morgan fingerprint density at radius 2 is 1.88 bits per heavy atom. The van der Waals surface area contributed by atoms with Crippen molar-refractivity contribution in [2.75, 3.05) is 6.61 Å². The van der Waals surface area contributed by atoms with E-state index in [1.807, 2.05) is 0 Å². The lowest BCUT2D eigenvalue weighted by Gasteiger charge is -2.60. The van der Waals surface area contributed by atoms with Crippen molar-refractivity contribution >= 4 is 5.78 Å². The smallest absolute Gasteiger partial charge is 0.133 e. The van der Waals surface area contributed by atoms with Crippen LogP contribution in [0, 0.1) is 34.5 Å². The molecule has 0 N–H and O–H groups in total. The Kier molecular flexibility index (Phi) is 3.67. The van der Waals surface area contributed by atoms with Crippen LogP contribution in [0.25, 0.3) is 0 Å². The minimum absolute atomic E-state index is 0.461. The number of fused-ring (bicyclic) bond motifs is 5. The highest BCUT2D eigenvalue weighted by atomic mass is 16.5. The zero-order chi connectivity index (χ0) is 16.4. The third kappa shape index (κ3) is 2.35. The molecular weight excluding hydrogens is 296 g/mol. The predicted octanol–water partition coefficient (Wildman–Crippen LogP) is 5.15. The number of Topliss-reactive ketones (excluding diaryl/α,β-unsaturated/α-hetero) is 1. The Morgan fingerprint density at radius 3 is 2.71 bits per heavy atom. The van der Waals surface area contributed by atoms with Gasteiger partial charge in [0.25, 0.3) is 0 Å². The summed E-state index contributed by atoms with van der Waals surface area (Å²) in [6, 6.07) is 0. The molecule has 5 fully saturated rings. The number of rotatable bonds is 3. The van der Waals surface area contributed by atoms with Crippen LogP contribution in [0.15, 0.2) is 0 Å². The summed E-state index contributed by atoms with van der Waals surface area (Å²) in [5.74, 6) is 3.97. The normalized spacial score (nSPS) is 51.0. The van der Waals surface area contributed by atoms with Crippen LogP contribution in [-0.4, -0.2) is 18.5 Å². The number of carbonyl (C=O) groups excluding carboxylic acids is 1. The van der Waals surface area contributed by atoms with E-state index in [0.29, 0.717) is 28.6 Å². The van der Waals surface area contributed by atoms with Crippen LogP contribution in [0.2, 0.25) is 0 Å². The van der Waals surface area contributed by atoms with E-state index in [0.717, 1.165) is 37.2 Å². The van der Waals surface area contributed by atoms with Gasteiger partial charge >= 0.3 is 0 Å². The van der Waals surface area contributed by atoms with E-state index in [2.05, 4.69) is 6.92 Å². The summed E-state index contributed by atoms with van der Waals surface area (Å²) >= 11 is 0. The molecule has 5 saturated carbocycles. The minimum Gasteiger partial charge on any atom is -0.378 e. The van der Waals surface area contributed by atoms with Crippen LogP contribution >= 0.6 is 0 Å². The second-order valence-electron chi connectivity index (χ2n) is 10.2. The summed E-state index contributed by atoms with van der Waals surface area (Å²) in [5.41, 5.74) is 0.986. The van der Waals surface area contributed by atoms with Gasteiger partial charge in [-0.25, -0.2) is 0 Å². The van der Waals surface area contributed by atoms with Gasteiger partial charge in [0.1, 0.15) is 5.78 Å². The maximum Gasteiger partial charge on any atom is 0.133 e. The van der Waals surface area contributed by atoms with E-state index in [1.165, 1.54) is 64.2 Å². The average Bonchev–Trinajstić information content (AvgIpc) is 3.31. The van der Waals surface area contributed by atoms with E-state index in [1.54, 1.807) is 0 Å². The maximum atomic E-state index is 12.0. The van der Waals surface area contributed by atoms with Gasteiger partial charge < -0.3 is 4.74 Å². The van der Waals surface area contributed by atoms with Crippen molar-refractivity contribution in [1.82, 2.24) is 0 Å². The molecule has 2 nitrogen and oxygen atoms in total. The molecule has 0 aromatic rings. The van der Waals surface area contributed by atoms with Crippen molar-refractivity contribution in [1.29, 1.82) is 0 Å². The molecule has 0 saturated heterocycles. The van der Waals surface area contributed by atoms with Crippen molar-refractivity contribution in [3.8, 4) is 0 Å². The standard InChI is InChI=1S/C22H34O2/c1-21-11-8-16(23)13-15(21)4-7-18-19(21)9-12-22(10-2-3-20(18)22)14-24-17-5-6-17/h15,17-20H,2-14H2,1H3/t15?,18-,19+,20+,21+,22+/m1/s1. The molecule has 0 aromatic carbocycles. The first kappa shape index (κ1) is 15.9. The molecule has 134 valence electrons. The molecule has 5 aliphatic carbocycles. The van der Waals surface area contributed by atoms with Crippen molar-refractivity contribution in [2.45, 2.75) is 90.1 Å². The Labute approximate surface area is 147 Å². The summed E-state index contributed by atoms with van der Waals surface area (Å²) in [4.78, 5) is 12.0.